The van der Waals surface area contributed by atoms with Crippen LogP contribution in [-0.2, 0) is 6.42 Å². The van der Waals surface area contributed by atoms with E-state index < -0.39 is 0 Å². The van der Waals surface area contributed by atoms with Gasteiger partial charge in [0.25, 0.3) is 0 Å². The molecule has 14 heavy (non-hydrogen) atoms. The maximum Gasteiger partial charge on any atom is -0.0146 e. The number of rotatable bonds is 3. The molecule has 0 N–H and O–H groups in total. The number of hydrogen-bond donors (Lipinski definition) is 0. The molecule has 1 aromatic rings. The van der Waals surface area contributed by atoms with Crippen LogP contribution in [0.4, 0.5) is 0 Å². The van der Waals surface area contributed by atoms with Crippen LogP contribution in [0.5, 0.6) is 0 Å². The first-order chi connectivity index (χ1) is 6.61. The summed E-state index contributed by atoms with van der Waals surface area (Å²) in [7, 11) is 0. The van der Waals surface area contributed by atoms with E-state index in [0.717, 1.165) is 6.42 Å². The smallest absolute Gasteiger partial charge is 0.0146 e. The fraction of sp³-hybridized carbons (Fsp3) is 0.571. The van der Waals surface area contributed by atoms with Crippen molar-refractivity contribution < 1.29 is 0 Å². The van der Waals surface area contributed by atoms with Crippen LogP contribution >= 0.6 is 0 Å². The Balaban J connectivity index is 3.25. The Labute approximate surface area is 88.4 Å². The molecule has 0 heterocycles. The van der Waals surface area contributed by atoms with Gasteiger partial charge in [-0.05, 0) is 60.9 Å². The van der Waals surface area contributed by atoms with E-state index in [1.165, 1.54) is 28.7 Å². The van der Waals surface area contributed by atoms with Crippen LogP contribution in [-0.4, -0.2) is 0 Å². The zero-order valence-corrected chi connectivity index (χ0v) is 10.1. The summed E-state index contributed by atoms with van der Waals surface area (Å²) in [6.45, 7) is 11.2. The van der Waals surface area contributed by atoms with Gasteiger partial charge < -0.3 is 0 Å². The monoisotopic (exact) mass is 189 g/mol. The fourth-order valence-corrected chi connectivity index (χ4v) is 2.15. The molecule has 1 aromatic carbocycles. The molecule has 0 aromatic heterocycles. The molecule has 0 aliphatic heterocycles. The maximum atomic E-state index is 3.38. The molecule has 0 amide bonds. The fourth-order valence-electron chi connectivity index (χ4n) is 2.15. The van der Waals surface area contributed by atoms with E-state index in [1.807, 2.05) is 0 Å². The highest BCUT2D eigenvalue weighted by Crippen LogP contribution is 2.27. The summed E-state index contributed by atoms with van der Waals surface area (Å²) in [4.78, 5) is 0. The van der Waals surface area contributed by atoms with Gasteiger partial charge in [0, 0.05) is 0 Å². The Bertz CT molecular complexity index is 310. The Morgan fingerprint density at radius 3 is 2.43 bits per heavy atom. The lowest BCUT2D eigenvalue weighted by atomic mass is 9.87. The Kier molecular flexibility index (Phi) is 3.74. The summed E-state index contributed by atoms with van der Waals surface area (Å²) in [5.41, 5.74) is 5.78. The van der Waals surface area contributed by atoms with Crippen LogP contribution in [0.25, 0.3) is 0 Å². The van der Waals surface area contributed by atoms with Gasteiger partial charge in [-0.3, -0.25) is 0 Å². The topological polar surface area (TPSA) is 0 Å². The SMILES string of the molecule is CCc1c[c]c(C)c(C(C)CC)c1C. The number of benzene rings is 1. The average molecular weight is 189 g/mol. The standard InChI is InChI=1S/C14H21/c1-6-10(3)14-11(4)8-9-13(7-2)12(14)5/h9-10H,6-7H2,1-5H3. The summed E-state index contributed by atoms with van der Waals surface area (Å²) < 4.78 is 0. The van der Waals surface area contributed by atoms with Crippen molar-refractivity contribution in [3.05, 3.63) is 34.4 Å². The van der Waals surface area contributed by atoms with Gasteiger partial charge in [0.15, 0.2) is 0 Å². The van der Waals surface area contributed by atoms with Crippen molar-refractivity contribution >= 4 is 0 Å². The lowest BCUT2D eigenvalue weighted by molar-refractivity contribution is 0.720. The first kappa shape index (κ1) is 11.3. The predicted octanol–water partition coefficient (Wildman–Crippen LogP) is 4.18. The van der Waals surface area contributed by atoms with Crippen LogP contribution in [0, 0.1) is 19.9 Å². The van der Waals surface area contributed by atoms with E-state index in [0.29, 0.717) is 5.92 Å². The third-order valence-electron chi connectivity index (χ3n) is 3.24. The van der Waals surface area contributed by atoms with E-state index in [1.54, 1.807) is 0 Å². The van der Waals surface area contributed by atoms with E-state index >= 15 is 0 Å². The van der Waals surface area contributed by atoms with Crippen LogP contribution in [0.2, 0.25) is 0 Å². The maximum absolute atomic E-state index is 3.38. The molecule has 1 atom stereocenters. The molecule has 0 aliphatic rings. The Morgan fingerprint density at radius 2 is 1.93 bits per heavy atom. The molecule has 0 spiro atoms. The molecular weight excluding hydrogens is 168 g/mol. The molecule has 1 rings (SSSR count). The number of aryl methyl sites for hydroxylation is 2. The van der Waals surface area contributed by atoms with Gasteiger partial charge >= 0.3 is 0 Å². The van der Waals surface area contributed by atoms with Crippen molar-refractivity contribution in [1.29, 1.82) is 0 Å². The van der Waals surface area contributed by atoms with Crippen LogP contribution in [0.15, 0.2) is 6.07 Å². The van der Waals surface area contributed by atoms with E-state index in [2.05, 4.69) is 46.8 Å². The Hall–Kier alpha value is -0.780. The van der Waals surface area contributed by atoms with Crippen LogP contribution < -0.4 is 0 Å². The molecular formula is C14H21. The van der Waals surface area contributed by atoms with Gasteiger partial charge in [-0.2, -0.15) is 0 Å². The summed E-state index contributed by atoms with van der Waals surface area (Å²) >= 11 is 0. The minimum absolute atomic E-state index is 0.665. The molecule has 0 saturated heterocycles. The lowest BCUT2D eigenvalue weighted by Gasteiger charge is -2.18. The highest BCUT2D eigenvalue weighted by Gasteiger charge is 2.11. The van der Waals surface area contributed by atoms with E-state index in [-0.39, 0.29) is 0 Å². The zero-order chi connectivity index (χ0) is 10.7. The molecule has 0 heteroatoms. The molecule has 1 radical (unpaired) electrons. The van der Waals surface area contributed by atoms with Crippen molar-refractivity contribution in [2.24, 2.45) is 0 Å². The lowest BCUT2D eigenvalue weighted by Crippen LogP contribution is -2.02. The average Bonchev–Trinajstić information content (AvgIpc) is 2.18. The van der Waals surface area contributed by atoms with Gasteiger partial charge in [0.2, 0.25) is 0 Å². The third-order valence-corrected chi connectivity index (χ3v) is 3.24. The summed E-state index contributed by atoms with van der Waals surface area (Å²) in [6.07, 6.45) is 2.33. The summed E-state index contributed by atoms with van der Waals surface area (Å²) in [5, 5.41) is 0. The molecule has 1 unspecified atom stereocenters. The highest BCUT2D eigenvalue weighted by molar-refractivity contribution is 5.41. The van der Waals surface area contributed by atoms with Crippen molar-refractivity contribution in [2.45, 2.75) is 53.4 Å². The van der Waals surface area contributed by atoms with Crippen molar-refractivity contribution in [3.63, 3.8) is 0 Å². The van der Waals surface area contributed by atoms with E-state index in [4.69, 9.17) is 0 Å². The molecule has 77 valence electrons. The number of hydrogen-bond acceptors (Lipinski definition) is 0. The van der Waals surface area contributed by atoms with Gasteiger partial charge in [-0.25, -0.2) is 0 Å². The van der Waals surface area contributed by atoms with Crippen LogP contribution in [0.1, 0.15) is 55.4 Å². The van der Waals surface area contributed by atoms with Crippen molar-refractivity contribution in [1.82, 2.24) is 0 Å². The van der Waals surface area contributed by atoms with Gasteiger partial charge in [0.1, 0.15) is 0 Å². The van der Waals surface area contributed by atoms with Gasteiger partial charge in [-0.1, -0.05) is 26.8 Å². The van der Waals surface area contributed by atoms with Crippen LogP contribution in [0.3, 0.4) is 0 Å². The minimum atomic E-state index is 0.665. The quantitative estimate of drug-likeness (QED) is 0.669. The summed E-state index contributed by atoms with van der Waals surface area (Å²) in [5.74, 6) is 0.665. The highest BCUT2D eigenvalue weighted by atomic mass is 14.2. The normalized spacial score (nSPS) is 12.9. The van der Waals surface area contributed by atoms with Crippen molar-refractivity contribution in [2.75, 3.05) is 0 Å². The zero-order valence-electron chi connectivity index (χ0n) is 10.1. The molecule has 0 aliphatic carbocycles. The van der Waals surface area contributed by atoms with Gasteiger partial charge in [0.05, 0.1) is 0 Å². The molecule has 0 bridgehead atoms. The van der Waals surface area contributed by atoms with E-state index in [9.17, 15) is 0 Å². The molecule has 0 nitrogen and oxygen atoms in total. The summed E-state index contributed by atoms with van der Waals surface area (Å²) in [6, 6.07) is 5.52. The first-order valence-electron chi connectivity index (χ1n) is 5.62. The van der Waals surface area contributed by atoms with Crippen molar-refractivity contribution in [3.8, 4) is 0 Å². The minimum Gasteiger partial charge on any atom is -0.0648 e. The second-order valence-corrected chi connectivity index (χ2v) is 4.14. The molecule has 0 saturated carbocycles. The molecule has 0 fully saturated rings. The second-order valence-electron chi connectivity index (χ2n) is 4.14. The largest absolute Gasteiger partial charge is 0.0648 e. The first-order valence-corrected chi connectivity index (χ1v) is 5.62. The van der Waals surface area contributed by atoms with Gasteiger partial charge in [-0.15, -0.1) is 0 Å². The second kappa shape index (κ2) is 4.63. The third kappa shape index (κ3) is 2.00. The predicted molar refractivity (Wildman–Crippen MR) is 62.8 cm³/mol. The Morgan fingerprint density at radius 1 is 1.29 bits per heavy atom.